The number of nitrogens with zero attached hydrogens (tertiary/aromatic N) is 2. The molecule has 1 aliphatic rings. The molecule has 0 saturated carbocycles. The SMILES string of the molecule is CCCCNC(=O)C(C)N(Cc1ccc(Cl)cc1)C(=O)CCCN(c1ccc2c(c1)OCO2)S(C)(=O)=O. The number of unbranched alkanes of at least 4 members (excludes halogenated alkanes) is 1. The topological polar surface area (TPSA) is 105 Å². The summed E-state index contributed by atoms with van der Waals surface area (Å²) in [6.07, 6.45) is 3.25. The summed E-state index contributed by atoms with van der Waals surface area (Å²) in [6.45, 7) is 4.69. The molecule has 1 unspecified atom stereocenters. The van der Waals surface area contributed by atoms with Crippen LogP contribution in [0.1, 0.15) is 45.1 Å². The van der Waals surface area contributed by atoms with E-state index in [-0.39, 0.29) is 44.5 Å². The minimum absolute atomic E-state index is 0.0662. The lowest BCUT2D eigenvalue weighted by Crippen LogP contribution is -2.47. The van der Waals surface area contributed by atoms with Crippen molar-refractivity contribution in [3.63, 3.8) is 0 Å². The van der Waals surface area contributed by atoms with Crippen molar-refractivity contribution in [2.45, 2.75) is 52.1 Å². The van der Waals surface area contributed by atoms with Gasteiger partial charge in [0.2, 0.25) is 28.6 Å². The van der Waals surface area contributed by atoms with E-state index < -0.39 is 16.1 Å². The Morgan fingerprint density at radius 1 is 1.08 bits per heavy atom. The van der Waals surface area contributed by atoms with Gasteiger partial charge in [-0.25, -0.2) is 8.42 Å². The number of sulfonamides is 1. The van der Waals surface area contributed by atoms with Gasteiger partial charge in [-0.1, -0.05) is 37.1 Å². The molecule has 0 radical (unpaired) electrons. The smallest absolute Gasteiger partial charge is 0.242 e. The minimum atomic E-state index is -3.61. The molecule has 0 aromatic heterocycles. The van der Waals surface area contributed by atoms with Crippen molar-refractivity contribution in [3.8, 4) is 11.5 Å². The van der Waals surface area contributed by atoms with Crippen LogP contribution in [0, 0.1) is 0 Å². The van der Waals surface area contributed by atoms with Crippen LogP contribution in [0.4, 0.5) is 5.69 Å². The molecule has 1 aliphatic heterocycles. The van der Waals surface area contributed by atoms with Crippen LogP contribution in [0.15, 0.2) is 42.5 Å². The Morgan fingerprint density at radius 3 is 2.46 bits per heavy atom. The van der Waals surface area contributed by atoms with Crippen LogP contribution >= 0.6 is 11.6 Å². The third-order valence-corrected chi connectivity index (χ3v) is 7.51. The van der Waals surface area contributed by atoms with Gasteiger partial charge in [0.25, 0.3) is 0 Å². The molecule has 202 valence electrons. The van der Waals surface area contributed by atoms with Crippen LogP contribution in [0.25, 0.3) is 0 Å². The molecule has 1 N–H and O–H groups in total. The summed E-state index contributed by atoms with van der Waals surface area (Å²) >= 11 is 6.00. The Hall–Kier alpha value is -2.98. The van der Waals surface area contributed by atoms with Crippen LogP contribution in [-0.4, -0.2) is 57.3 Å². The Balaban J connectivity index is 1.70. The first kappa shape index (κ1) is 28.6. The predicted octanol–water partition coefficient (Wildman–Crippen LogP) is 3.95. The van der Waals surface area contributed by atoms with E-state index in [1.807, 2.05) is 19.1 Å². The zero-order chi connectivity index (χ0) is 27.0. The zero-order valence-corrected chi connectivity index (χ0v) is 23.0. The van der Waals surface area contributed by atoms with Crippen LogP contribution in [-0.2, 0) is 26.2 Å². The lowest BCUT2D eigenvalue weighted by atomic mass is 10.1. The maximum atomic E-state index is 13.3. The van der Waals surface area contributed by atoms with Gasteiger partial charge >= 0.3 is 0 Å². The van der Waals surface area contributed by atoms with Crippen LogP contribution < -0.4 is 19.1 Å². The molecule has 0 bridgehead atoms. The summed E-state index contributed by atoms with van der Waals surface area (Å²) in [5.74, 6) is 0.553. The van der Waals surface area contributed by atoms with E-state index in [1.165, 1.54) is 9.21 Å². The summed E-state index contributed by atoms with van der Waals surface area (Å²) < 4.78 is 37.0. The predicted molar refractivity (Wildman–Crippen MR) is 143 cm³/mol. The van der Waals surface area contributed by atoms with Crippen molar-refractivity contribution < 1.29 is 27.5 Å². The Bertz CT molecular complexity index is 1190. The first-order valence-electron chi connectivity index (χ1n) is 12.3. The standard InChI is InChI=1S/C26H34ClN3O6S/c1-4-5-14-28-26(32)19(2)29(17-20-8-10-21(27)11-9-20)25(31)7-6-15-30(37(3,33)34)22-12-13-23-24(16-22)36-18-35-23/h8-13,16,19H,4-7,14-15,17-18H2,1-3H3,(H,28,32). The first-order chi connectivity index (χ1) is 17.6. The third kappa shape index (κ3) is 8.00. The molecule has 2 aromatic rings. The third-order valence-electron chi connectivity index (χ3n) is 6.06. The average molecular weight is 552 g/mol. The second kappa shape index (κ2) is 13.0. The number of hydrogen-bond donors (Lipinski definition) is 1. The van der Waals surface area contributed by atoms with Gasteiger partial charge in [0.1, 0.15) is 6.04 Å². The van der Waals surface area contributed by atoms with E-state index in [0.717, 1.165) is 24.7 Å². The van der Waals surface area contributed by atoms with Gasteiger partial charge in [-0.15, -0.1) is 0 Å². The molecule has 0 saturated heterocycles. The number of amides is 2. The monoisotopic (exact) mass is 551 g/mol. The lowest BCUT2D eigenvalue weighted by molar-refractivity contribution is -0.140. The fraction of sp³-hybridized carbons (Fsp3) is 0.462. The van der Waals surface area contributed by atoms with Crippen LogP contribution in [0.2, 0.25) is 5.02 Å². The molecular formula is C26H34ClN3O6S. The number of ether oxygens (including phenoxy) is 2. The first-order valence-corrected chi connectivity index (χ1v) is 14.5. The van der Waals surface area contributed by atoms with Gasteiger partial charge in [0.05, 0.1) is 11.9 Å². The van der Waals surface area contributed by atoms with Crippen LogP contribution in [0.3, 0.4) is 0 Å². The maximum Gasteiger partial charge on any atom is 0.242 e. The van der Waals surface area contributed by atoms with Gasteiger partial charge in [0.15, 0.2) is 11.5 Å². The summed E-state index contributed by atoms with van der Waals surface area (Å²) in [4.78, 5) is 27.6. The van der Waals surface area contributed by atoms with Gasteiger partial charge in [0, 0.05) is 37.1 Å². The van der Waals surface area contributed by atoms with Gasteiger partial charge in [-0.2, -0.15) is 0 Å². The summed E-state index contributed by atoms with van der Waals surface area (Å²) in [6, 6.07) is 11.3. The minimum Gasteiger partial charge on any atom is -0.454 e. The number of halogens is 1. The number of anilines is 1. The molecule has 0 aliphatic carbocycles. The summed E-state index contributed by atoms with van der Waals surface area (Å²) in [7, 11) is -3.61. The van der Waals surface area contributed by atoms with E-state index in [4.69, 9.17) is 21.1 Å². The Kier molecular flexibility index (Phi) is 10.0. The number of carbonyl (C=O) groups is 2. The number of fused-ring (bicyclic) bond motifs is 1. The van der Waals surface area contributed by atoms with E-state index >= 15 is 0 Å². The largest absolute Gasteiger partial charge is 0.454 e. The van der Waals surface area contributed by atoms with Crippen molar-refractivity contribution in [2.75, 3.05) is 30.4 Å². The van der Waals surface area contributed by atoms with Crippen molar-refractivity contribution >= 4 is 39.1 Å². The fourth-order valence-electron chi connectivity index (χ4n) is 3.95. The highest BCUT2D eigenvalue weighted by molar-refractivity contribution is 7.92. The van der Waals surface area contributed by atoms with E-state index in [0.29, 0.717) is 28.8 Å². The quantitative estimate of drug-likeness (QED) is 0.378. The average Bonchev–Trinajstić information content (AvgIpc) is 3.33. The van der Waals surface area contributed by atoms with Crippen molar-refractivity contribution in [3.05, 3.63) is 53.1 Å². The number of hydrogen-bond acceptors (Lipinski definition) is 6. The molecule has 3 rings (SSSR count). The van der Waals surface area contributed by atoms with Crippen molar-refractivity contribution in [2.24, 2.45) is 0 Å². The molecule has 37 heavy (non-hydrogen) atoms. The maximum absolute atomic E-state index is 13.3. The van der Waals surface area contributed by atoms with E-state index in [1.54, 1.807) is 37.3 Å². The number of nitrogens with one attached hydrogen (secondary N) is 1. The molecule has 2 amide bonds. The molecule has 11 heteroatoms. The highest BCUT2D eigenvalue weighted by Gasteiger charge is 2.27. The fourth-order valence-corrected chi connectivity index (χ4v) is 5.03. The van der Waals surface area contributed by atoms with Gasteiger partial charge in [-0.05, 0) is 49.6 Å². The number of carbonyl (C=O) groups excluding carboxylic acids is 2. The van der Waals surface area contributed by atoms with Crippen LogP contribution in [0.5, 0.6) is 11.5 Å². The normalized spacial score (nSPS) is 13.2. The molecular weight excluding hydrogens is 518 g/mol. The Morgan fingerprint density at radius 2 is 1.78 bits per heavy atom. The second-order valence-electron chi connectivity index (χ2n) is 8.94. The molecule has 0 spiro atoms. The summed E-state index contributed by atoms with van der Waals surface area (Å²) in [5.41, 5.74) is 1.27. The summed E-state index contributed by atoms with van der Waals surface area (Å²) in [5, 5.41) is 3.47. The highest BCUT2D eigenvalue weighted by atomic mass is 35.5. The molecule has 9 nitrogen and oxygen atoms in total. The molecule has 2 aromatic carbocycles. The van der Waals surface area contributed by atoms with Crippen molar-refractivity contribution in [1.82, 2.24) is 10.2 Å². The second-order valence-corrected chi connectivity index (χ2v) is 11.3. The van der Waals surface area contributed by atoms with Crippen molar-refractivity contribution in [1.29, 1.82) is 0 Å². The zero-order valence-electron chi connectivity index (χ0n) is 21.4. The number of rotatable bonds is 13. The van der Waals surface area contributed by atoms with E-state index in [2.05, 4.69) is 5.32 Å². The molecule has 1 heterocycles. The van der Waals surface area contributed by atoms with E-state index in [9.17, 15) is 18.0 Å². The molecule has 0 fully saturated rings. The molecule has 1 atom stereocenters. The lowest BCUT2D eigenvalue weighted by Gasteiger charge is -2.29. The highest BCUT2D eigenvalue weighted by Crippen LogP contribution is 2.36. The van der Waals surface area contributed by atoms with Gasteiger partial charge in [-0.3, -0.25) is 13.9 Å². The Labute approximate surface area is 223 Å². The number of benzene rings is 2. The van der Waals surface area contributed by atoms with Gasteiger partial charge < -0.3 is 19.7 Å².